The van der Waals surface area contributed by atoms with Crippen molar-refractivity contribution in [3.8, 4) is 22.4 Å². The number of rotatable bonds is 2. The Morgan fingerprint density at radius 2 is 1.87 bits per heavy atom. The number of pyridine rings is 1. The summed E-state index contributed by atoms with van der Waals surface area (Å²) in [6.07, 6.45) is 1.82. The van der Waals surface area contributed by atoms with Gasteiger partial charge in [0.1, 0.15) is 0 Å². The Kier molecular flexibility index (Phi) is 3.60. The molecule has 0 fully saturated rings. The van der Waals surface area contributed by atoms with Gasteiger partial charge in [-0.2, -0.15) is 0 Å². The molecule has 4 aromatic rings. The van der Waals surface area contributed by atoms with Gasteiger partial charge in [0.2, 0.25) is 0 Å². The third-order valence-electron chi connectivity index (χ3n) is 3.90. The lowest BCUT2D eigenvalue weighted by atomic mass is 9.97. The fraction of sp³-hybridized carbons (Fsp3) is 0.0526. The SMILES string of the molecule is Cc1ccc(Cl)cc1-c1ncccc1-c1ccc2ncsc2c1. The molecule has 0 amide bonds. The van der Waals surface area contributed by atoms with Crippen LogP contribution in [-0.4, -0.2) is 9.97 Å². The molecule has 4 heteroatoms. The van der Waals surface area contributed by atoms with Crippen LogP contribution in [0.15, 0.2) is 60.2 Å². The fourth-order valence-corrected chi connectivity index (χ4v) is 3.61. The van der Waals surface area contributed by atoms with Crippen molar-refractivity contribution in [3.63, 3.8) is 0 Å². The van der Waals surface area contributed by atoms with Gasteiger partial charge in [0, 0.05) is 22.3 Å². The van der Waals surface area contributed by atoms with Crippen LogP contribution in [0.3, 0.4) is 0 Å². The molecule has 23 heavy (non-hydrogen) atoms. The minimum Gasteiger partial charge on any atom is -0.256 e. The number of hydrogen-bond donors (Lipinski definition) is 0. The molecule has 2 nitrogen and oxygen atoms in total. The molecule has 4 rings (SSSR count). The molecule has 0 unspecified atom stereocenters. The molecule has 0 aliphatic heterocycles. The molecule has 0 saturated heterocycles. The van der Waals surface area contributed by atoms with E-state index in [0.29, 0.717) is 0 Å². The lowest BCUT2D eigenvalue weighted by molar-refractivity contribution is 1.31. The topological polar surface area (TPSA) is 25.8 Å². The average molecular weight is 337 g/mol. The van der Waals surface area contributed by atoms with E-state index in [4.69, 9.17) is 11.6 Å². The maximum absolute atomic E-state index is 6.19. The molecule has 2 aromatic carbocycles. The van der Waals surface area contributed by atoms with E-state index in [2.05, 4.69) is 41.2 Å². The summed E-state index contributed by atoms with van der Waals surface area (Å²) in [5.74, 6) is 0. The highest BCUT2D eigenvalue weighted by Gasteiger charge is 2.12. The van der Waals surface area contributed by atoms with Gasteiger partial charge in [0.05, 0.1) is 21.4 Å². The highest BCUT2D eigenvalue weighted by molar-refractivity contribution is 7.16. The van der Waals surface area contributed by atoms with E-state index in [1.54, 1.807) is 11.3 Å². The van der Waals surface area contributed by atoms with Crippen molar-refractivity contribution < 1.29 is 0 Å². The predicted molar refractivity (Wildman–Crippen MR) is 98.0 cm³/mol. The number of benzene rings is 2. The van der Waals surface area contributed by atoms with E-state index >= 15 is 0 Å². The van der Waals surface area contributed by atoms with Gasteiger partial charge in [-0.1, -0.05) is 29.8 Å². The monoisotopic (exact) mass is 336 g/mol. The smallest absolute Gasteiger partial charge is 0.0812 e. The normalized spacial score (nSPS) is 11.0. The predicted octanol–water partition coefficient (Wildman–Crippen LogP) is 5.99. The first-order chi connectivity index (χ1) is 11.2. The molecule has 112 valence electrons. The zero-order valence-corrected chi connectivity index (χ0v) is 14.0. The van der Waals surface area contributed by atoms with Crippen molar-refractivity contribution in [1.82, 2.24) is 9.97 Å². The molecule has 2 heterocycles. The first kappa shape index (κ1) is 14.4. The van der Waals surface area contributed by atoms with Crippen molar-refractivity contribution in [2.45, 2.75) is 6.92 Å². The first-order valence-electron chi connectivity index (χ1n) is 7.27. The Morgan fingerprint density at radius 1 is 0.957 bits per heavy atom. The van der Waals surface area contributed by atoms with Crippen LogP contribution in [-0.2, 0) is 0 Å². The molecule has 0 atom stereocenters. The minimum atomic E-state index is 0.722. The molecule has 0 bridgehead atoms. The van der Waals surface area contributed by atoms with Crippen LogP contribution in [0.1, 0.15) is 5.56 Å². The summed E-state index contributed by atoms with van der Waals surface area (Å²) in [5, 5.41) is 0.722. The highest BCUT2D eigenvalue weighted by atomic mass is 35.5. The van der Waals surface area contributed by atoms with Crippen LogP contribution < -0.4 is 0 Å². The molecule has 0 saturated carbocycles. The third kappa shape index (κ3) is 2.62. The summed E-state index contributed by atoms with van der Waals surface area (Å²) >= 11 is 7.84. The standard InChI is InChI=1S/C19H13ClN2S/c1-12-4-6-14(20)10-16(12)19-15(3-2-8-21-19)13-5-7-17-18(9-13)23-11-22-17/h2-11H,1H3. The van der Waals surface area contributed by atoms with E-state index in [1.165, 1.54) is 4.70 Å². The van der Waals surface area contributed by atoms with Crippen molar-refractivity contribution >= 4 is 33.2 Å². The maximum Gasteiger partial charge on any atom is 0.0812 e. The van der Waals surface area contributed by atoms with Crippen molar-refractivity contribution in [2.75, 3.05) is 0 Å². The van der Waals surface area contributed by atoms with Crippen LogP contribution in [0.25, 0.3) is 32.6 Å². The van der Waals surface area contributed by atoms with Crippen molar-refractivity contribution in [2.24, 2.45) is 0 Å². The summed E-state index contributed by atoms with van der Waals surface area (Å²) in [6.45, 7) is 2.08. The van der Waals surface area contributed by atoms with Crippen LogP contribution in [0.4, 0.5) is 0 Å². The van der Waals surface area contributed by atoms with Gasteiger partial charge in [-0.05, 0) is 48.4 Å². The number of nitrogens with zero attached hydrogens (tertiary/aromatic N) is 2. The average Bonchev–Trinajstić information content (AvgIpc) is 3.05. The Bertz CT molecular complexity index is 1010. The second-order valence-corrected chi connectivity index (χ2v) is 6.72. The zero-order valence-electron chi connectivity index (χ0n) is 12.5. The van der Waals surface area contributed by atoms with Crippen LogP contribution in [0.5, 0.6) is 0 Å². The quantitative estimate of drug-likeness (QED) is 0.449. The van der Waals surface area contributed by atoms with Gasteiger partial charge in [-0.3, -0.25) is 4.98 Å². The second kappa shape index (κ2) is 5.76. The summed E-state index contributed by atoms with van der Waals surface area (Å²) in [7, 11) is 0. The number of hydrogen-bond acceptors (Lipinski definition) is 3. The van der Waals surface area contributed by atoms with E-state index in [1.807, 2.05) is 36.0 Å². The van der Waals surface area contributed by atoms with Gasteiger partial charge in [0.15, 0.2) is 0 Å². The first-order valence-corrected chi connectivity index (χ1v) is 8.53. The summed E-state index contributed by atoms with van der Waals surface area (Å²) in [4.78, 5) is 8.97. The van der Waals surface area contributed by atoms with Gasteiger partial charge in [-0.15, -0.1) is 11.3 Å². The zero-order chi connectivity index (χ0) is 15.8. The molecule has 0 N–H and O–H groups in total. The van der Waals surface area contributed by atoms with E-state index in [-0.39, 0.29) is 0 Å². The molecular weight excluding hydrogens is 324 g/mol. The molecule has 0 aliphatic rings. The summed E-state index contributed by atoms with van der Waals surface area (Å²) in [6, 6.07) is 16.3. The fourth-order valence-electron chi connectivity index (χ4n) is 2.72. The number of aromatic nitrogens is 2. The Balaban J connectivity index is 1.94. The molecule has 2 aromatic heterocycles. The van der Waals surface area contributed by atoms with E-state index in [9.17, 15) is 0 Å². The number of thiazole rings is 1. The Morgan fingerprint density at radius 3 is 2.78 bits per heavy atom. The molecule has 0 spiro atoms. The molecular formula is C19H13ClN2S. The molecule has 0 aliphatic carbocycles. The lowest BCUT2D eigenvalue weighted by Gasteiger charge is -2.11. The van der Waals surface area contributed by atoms with E-state index in [0.717, 1.165) is 38.5 Å². The Hall–Kier alpha value is -2.23. The highest BCUT2D eigenvalue weighted by Crippen LogP contribution is 2.35. The van der Waals surface area contributed by atoms with Crippen LogP contribution in [0.2, 0.25) is 5.02 Å². The van der Waals surface area contributed by atoms with Gasteiger partial charge >= 0.3 is 0 Å². The van der Waals surface area contributed by atoms with Gasteiger partial charge in [0.25, 0.3) is 0 Å². The number of aryl methyl sites for hydroxylation is 1. The van der Waals surface area contributed by atoms with Crippen LogP contribution in [0, 0.1) is 6.92 Å². The Labute approximate surface area is 143 Å². The van der Waals surface area contributed by atoms with Crippen molar-refractivity contribution in [3.05, 3.63) is 70.8 Å². The lowest BCUT2D eigenvalue weighted by Crippen LogP contribution is -1.91. The molecule has 0 radical (unpaired) electrons. The number of fused-ring (bicyclic) bond motifs is 1. The number of halogens is 1. The summed E-state index contributed by atoms with van der Waals surface area (Å²) in [5.41, 5.74) is 8.34. The third-order valence-corrected chi connectivity index (χ3v) is 4.93. The van der Waals surface area contributed by atoms with Gasteiger partial charge < -0.3 is 0 Å². The maximum atomic E-state index is 6.19. The van der Waals surface area contributed by atoms with Crippen molar-refractivity contribution in [1.29, 1.82) is 0 Å². The van der Waals surface area contributed by atoms with Crippen LogP contribution >= 0.6 is 22.9 Å². The summed E-state index contributed by atoms with van der Waals surface area (Å²) < 4.78 is 1.18. The van der Waals surface area contributed by atoms with Gasteiger partial charge in [-0.25, -0.2) is 4.98 Å². The second-order valence-electron chi connectivity index (χ2n) is 5.39. The van der Waals surface area contributed by atoms with E-state index < -0.39 is 0 Å². The largest absolute Gasteiger partial charge is 0.256 e. The minimum absolute atomic E-state index is 0.722.